The molecule has 3 rings (SSSR count). The lowest BCUT2D eigenvalue weighted by Crippen LogP contribution is -2.41. The molecule has 0 radical (unpaired) electrons. The van der Waals surface area contributed by atoms with Gasteiger partial charge in [-0.3, -0.25) is 4.79 Å². The predicted octanol–water partition coefficient (Wildman–Crippen LogP) is 2.49. The molecular weight excluding hydrogens is 272 g/mol. The van der Waals surface area contributed by atoms with Crippen molar-refractivity contribution in [1.82, 2.24) is 4.90 Å². The van der Waals surface area contributed by atoms with E-state index in [1.165, 1.54) is 16.9 Å². The van der Waals surface area contributed by atoms with Crippen molar-refractivity contribution in [1.29, 1.82) is 0 Å². The van der Waals surface area contributed by atoms with Crippen LogP contribution in [0.5, 0.6) is 0 Å². The standard InChI is InChI=1S/C15H22N2O2S/c1-9-7-10(2)13-11(8-9)12(14(16)20-13)15(18)17-3-5-19-6-4-17/h9-10H,3-8,16H2,1-2H3. The van der Waals surface area contributed by atoms with E-state index in [1.807, 2.05) is 4.90 Å². The zero-order valence-electron chi connectivity index (χ0n) is 12.1. The Bertz CT molecular complexity index is 520. The zero-order valence-corrected chi connectivity index (χ0v) is 13.0. The summed E-state index contributed by atoms with van der Waals surface area (Å²) >= 11 is 1.62. The van der Waals surface area contributed by atoms with Gasteiger partial charge in [0.25, 0.3) is 5.91 Å². The molecule has 1 aliphatic heterocycles. The molecule has 1 saturated heterocycles. The summed E-state index contributed by atoms with van der Waals surface area (Å²) in [5.41, 5.74) is 8.18. The second-order valence-corrected chi connectivity index (χ2v) is 7.12. The molecule has 0 spiro atoms. The number of ether oxygens (including phenoxy) is 1. The van der Waals surface area contributed by atoms with E-state index >= 15 is 0 Å². The third-order valence-electron chi connectivity index (χ3n) is 4.33. The number of nitrogens with zero attached hydrogens (tertiary/aromatic N) is 1. The van der Waals surface area contributed by atoms with Crippen LogP contribution in [0.25, 0.3) is 0 Å². The molecule has 0 bridgehead atoms. The van der Waals surface area contributed by atoms with Gasteiger partial charge in [0.2, 0.25) is 0 Å². The predicted molar refractivity (Wildman–Crippen MR) is 81.4 cm³/mol. The second-order valence-electron chi connectivity index (χ2n) is 6.03. The molecule has 110 valence electrons. The van der Waals surface area contributed by atoms with Crippen molar-refractivity contribution in [3.63, 3.8) is 0 Å². The van der Waals surface area contributed by atoms with Crippen LogP contribution in [0.1, 0.15) is 47.0 Å². The molecular formula is C15H22N2O2S. The summed E-state index contributed by atoms with van der Waals surface area (Å²) in [5.74, 6) is 1.25. The first-order valence-corrected chi connectivity index (χ1v) is 8.17. The van der Waals surface area contributed by atoms with E-state index in [9.17, 15) is 4.79 Å². The number of anilines is 1. The van der Waals surface area contributed by atoms with Gasteiger partial charge in [-0.15, -0.1) is 11.3 Å². The van der Waals surface area contributed by atoms with Crippen molar-refractivity contribution < 1.29 is 9.53 Å². The average molecular weight is 294 g/mol. The number of fused-ring (bicyclic) bond motifs is 1. The van der Waals surface area contributed by atoms with Crippen molar-refractivity contribution in [2.75, 3.05) is 32.0 Å². The molecule has 0 saturated carbocycles. The number of amides is 1. The number of hydrogen-bond donors (Lipinski definition) is 1. The molecule has 0 aromatic carbocycles. The molecule has 1 aromatic rings. The third kappa shape index (κ3) is 2.33. The van der Waals surface area contributed by atoms with Crippen molar-refractivity contribution >= 4 is 22.2 Å². The smallest absolute Gasteiger partial charge is 0.257 e. The quantitative estimate of drug-likeness (QED) is 0.866. The van der Waals surface area contributed by atoms with Gasteiger partial charge in [0.15, 0.2) is 0 Å². The summed E-state index contributed by atoms with van der Waals surface area (Å²) in [6.45, 7) is 7.11. The third-order valence-corrected chi connectivity index (χ3v) is 5.63. The maximum Gasteiger partial charge on any atom is 0.257 e. The topological polar surface area (TPSA) is 55.6 Å². The van der Waals surface area contributed by atoms with E-state index in [-0.39, 0.29) is 5.91 Å². The van der Waals surface area contributed by atoms with Gasteiger partial charge < -0.3 is 15.4 Å². The van der Waals surface area contributed by atoms with Crippen LogP contribution in [0, 0.1) is 5.92 Å². The van der Waals surface area contributed by atoms with Gasteiger partial charge in [-0.25, -0.2) is 0 Å². The first-order chi connectivity index (χ1) is 9.58. The number of morpholine rings is 1. The first kappa shape index (κ1) is 13.9. The van der Waals surface area contributed by atoms with Crippen LogP contribution in [0.2, 0.25) is 0 Å². The van der Waals surface area contributed by atoms with E-state index in [1.54, 1.807) is 11.3 Å². The van der Waals surface area contributed by atoms with Gasteiger partial charge >= 0.3 is 0 Å². The Morgan fingerprint density at radius 1 is 1.35 bits per heavy atom. The van der Waals surface area contributed by atoms with E-state index in [0.29, 0.717) is 43.1 Å². The Morgan fingerprint density at radius 2 is 2.05 bits per heavy atom. The summed E-state index contributed by atoms with van der Waals surface area (Å²) in [4.78, 5) is 16.0. The normalized spacial score (nSPS) is 26.4. The van der Waals surface area contributed by atoms with Crippen LogP contribution in [-0.4, -0.2) is 37.1 Å². The SMILES string of the molecule is CC1Cc2c(sc(N)c2C(=O)N2CCOCC2)C(C)C1. The number of carbonyl (C=O) groups excluding carboxylic acids is 1. The summed E-state index contributed by atoms with van der Waals surface area (Å²) in [6.07, 6.45) is 2.18. The highest BCUT2D eigenvalue weighted by molar-refractivity contribution is 7.16. The maximum absolute atomic E-state index is 12.8. The van der Waals surface area contributed by atoms with Crippen LogP contribution in [0.15, 0.2) is 0 Å². The summed E-state index contributed by atoms with van der Waals surface area (Å²) in [6, 6.07) is 0. The monoisotopic (exact) mass is 294 g/mol. The minimum atomic E-state index is 0.101. The van der Waals surface area contributed by atoms with E-state index in [0.717, 1.165) is 12.0 Å². The van der Waals surface area contributed by atoms with E-state index in [4.69, 9.17) is 10.5 Å². The molecule has 2 aliphatic rings. The molecule has 2 heterocycles. The molecule has 5 heteroatoms. The van der Waals surface area contributed by atoms with Gasteiger partial charge in [-0.2, -0.15) is 0 Å². The first-order valence-electron chi connectivity index (χ1n) is 7.36. The van der Waals surface area contributed by atoms with E-state index in [2.05, 4.69) is 13.8 Å². The summed E-state index contributed by atoms with van der Waals surface area (Å²) in [7, 11) is 0. The Hall–Kier alpha value is -1.07. The lowest BCUT2D eigenvalue weighted by Gasteiger charge is -2.29. The fourth-order valence-electron chi connectivity index (χ4n) is 3.41. The fourth-order valence-corrected chi connectivity index (χ4v) is 4.56. The van der Waals surface area contributed by atoms with E-state index < -0.39 is 0 Å². The summed E-state index contributed by atoms with van der Waals surface area (Å²) in [5, 5.41) is 0.701. The number of hydrogen-bond acceptors (Lipinski definition) is 4. The highest BCUT2D eigenvalue weighted by atomic mass is 32.1. The minimum absolute atomic E-state index is 0.101. The lowest BCUT2D eigenvalue weighted by molar-refractivity contribution is 0.0303. The maximum atomic E-state index is 12.8. The molecule has 20 heavy (non-hydrogen) atoms. The fraction of sp³-hybridized carbons (Fsp3) is 0.667. The number of carbonyl (C=O) groups is 1. The number of nitrogens with two attached hydrogens (primary N) is 1. The minimum Gasteiger partial charge on any atom is -0.390 e. The van der Waals surface area contributed by atoms with Gasteiger partial charge in [-0.1, -0.05) is 13.8 Å². The summed E-state index contributed by atoms with van der Waals surface area (Å²) < 4.78 is 5.32. The Morgan fingerprint density at radius 3 is 2.75 bits per heavy atom. The van der Waals surface area contributed by atoms with Crippen molar-refractivity contribution in [2.24, 2.45) is 5.92 Å². The Kier molecular flexibility index (Phi) is 3.73. The van der Waals surface area contributed by atoms with Crippen molar-refractivity contribution in [3.05, 3.63) is 16.0 Å². The lowest BCUT2D eigenvalue weighted by atomic mass is 9.82. The molecule has 1 amide bonds. The van der Waals surface area contributed by atoms with Gasteiger partial charge in [0.1, 0.15) is 0 Å². The van der Waals surface area contributed by atoms with Crippen molar-refractivity contribution in [2.45, 2.75) is 32.6 Å². The molecule has 4 nitrogen and oxygen atoms in total. The molecule has 2 unspecified atom stereocenters. The highest BCUT2D eigenvalue weighted by Gasteiger charge is 2.32. The van der Waals surface area contributed by atoms with Gasteiger partial charge in [0, 0.05) is 18.0 Å². The van der Waals surface area contributed by atoms with Gasteiger partial charge in [-0.05, 0) is 30.2 Å². The largest absolute Gasteiger partial charge is 0.390 e. The molecule has 1 fully saturated rings. The van der Waals surface area contributed by atoms with Gasteiger partial charge in [0.05, 0.1) is 23.8 Å². The number of rotatable bonds is 1. The molecule has 2 atom stereocenters. The van der Waals surface area contributed by atoms with Crippen LogP contribution in [0.4, 0.5) is 5.00 Å². The Balaban J connectivity index is 1.95. The molecule has 2 N–H and O–H groups in total. The van der Waals surface area contributed by atoms with Crippen LogP contribution in [-0.2, 0) is 11.2 Å². The average Bonchev–Trinajstić information content (AvgIpc) is 2.76. The van der Waals surface area contributed by atoms with Crippen LogP contribution < -0.4 is 5.73 Å². The molecule has 1 aliphatic carbocycles. The highest BCUT2D eigenvalue weighted by Crippen LogP contribution is 2.44. The Labute approximate surface area is 123 Å². The van der Waals surface area contributed by atoms with Crippen molar-refractivity contribution in [3.8, 4) is 0 Å². The van der Waals surface area contributed by atoms with Crippen LogP contribution >= 0.6 is 11.3 Å². The number of thiophene rings is 1. The van der Waals surface area contributed by atoms with Crippen LogP contribution in [0.3, 0.4) is 0 Å². The molecule has 1 aromatic heterocycles. The second kappa shape index (κ2) is 5.37. The number of nitrogen functional groups attached to an aromatic ring is 1. The zero-order chi connectivity index (χ0) is 14.3.